The van der Waals surface area contributed by atoms with Crippen LogP contribution in [0.25, 0.3) is 0 Å². The molecule has 1 aromatic carbocycles. The smallest absolute Gasteiger partial charge is 0.224 e. The quantitative estimate of drug-likeness (QED) is 0.774. The van der Waals surface area contributed by atoms with E-state index in [1.54, 1.807) is 25.3 Å². The van der Waals surface area contributed by atoms with Gasteiger partial charge in [0.1, 0.15) is 5.75 Å². The van der Waals surface area contributed by atoms with Crippen LogP contribution in [0.5, 0.6) is 5.75 Å². The van der Waals surface area contributed by atoms with Crippen LogP contribution < -0.4 is 15.8 Å². The summed E-state index contributed by atoms with van der Waals surface area (Å²) >= 11 is 0. The SMILES string of the molecule is COc1ccc(N)cc1NC(=O)CCCN1CCOCC1. The van der Waals surface area contributed by atoms with Crippen LogP contribution in [-0.2, 0) is 9.53 Å². The molecule has 1 amide bonds. The van der Waals surface area contributed by atoms with Gasteiger partial charge in [0.05, 0.1) is 26.0 Å². The third kappa shape index (κ3) is 4.91. The summed E-state index contributed by atoms with van der Waals surface area (Å²) < 4.78 is 10.5. The van der Waals surface area contributed by atoms with E-state index in [2.05, 4.69) is 10.2 Å². The fourth-order valence-corrected chi connectivity index (χ4v) is 2.32. The number of hydrogen-bond acceptors (Lipinski definition) is 5. The number of nitrogens with two attached hydrogens (primary N) is 1. The molecule has 1 heterocycles. The van der Waals surface area contributed by atoms with E-state index in [4.69, 9.17) is 15.2 Å². The molecule has 1 aliphatic rings. The number of nitrogen functional groups attached to an aromatic ring is 1. The fourth-order valence-electron chi connectivity index (χ4n) is 2.32. The maximum Gasteiger partial charge on any atom is 0.224 e. The van der Waals surface area contributed by atoms with Crippen molar-refractivity contribution < 1.29 is 14.3 Å². The Kier molecular flexibility index (Phi) is 5.83. The number of carbonyl (C=O) groups excluding carboxylic acids is 1. The van der Waals surface area contributed by atoms with E-state index in [-0.39, 0.29) is 5.91 Å². The van der Waals surface area contributed by atoms with E-state index >= 15 is 0 Å². The number of nitrogens with one attached hydrogen (secondary N) is 1. The Morgan fingerprint density at radius 2 is 2.19 bits per heavy atom. The number of amides is 1. The highest BCUT2D eigenvalue weighted by Crippen LogP contribution is 2.26. The molecule has 0 saturated carbocycles. The van der Waals surface area contributed by atoms with Crippen LogP contribution >= 0.6 is 0 Å². The van der Waals surface area contributed by atoms with E-state index in [1.165, 1.54) is 0 Å². The minimum Gasteiger partial charge on any atom is -0.495 e. The Labute approximate surface area is 125 Å². The van der Waals surface area contributed by atoms with Gasteiger partial charge in [-0.25, -0.2) is 0 Å². The Balaban J connectivity index is 1.77. The highest BCUT2D eigenvalue weighted by molar-refractivity contribution is 5.92. The topological polar surface area (TPSA) is 76.8 Å². The second kappa shape index (κ2) is 7.85. The van der Waals surface area contributed by atoms with Gasteiger partial charge in [-0.3, -0.25) is 9.69 Å². The molecule has 21 heavy (non-hydrogen) atoms. The average molecular weight is 293 g/mol. The van der Waals surface area contributed by atoms with Crippen molar-refractivity contribution in [3.8, 4) is 5.75 Å². The second-order valence-corrected chi connectivity index (χ2v) is 5.07. The number of morpholine rings is 1. The Bertz CT molecular complexity index is 473. The molecule has 0 bridgehead atoms. The largest absolute Gasteiger partial charge is 0.495 e. The maximum absolute atomic E-state index is 12.0. The molecule has 0 aliphatic carbocycles. The lowest BCUT2D eigenvalue weighted by Crippen LogP contribution is -2.37. The second-order valence-electron chi connectivity index (χ2n) is 5.07. The summed E-state index contributed by atoms with van der Waals surface area (Å²) in [5.41, 5.74) is 6.95. The van der Waals surface area contributed by atoms with Crippen LogP contribution in [0.15, 0.2) is 18.2 Å². The normalized spacial score (nSPS) is 15.7. The molecule has 1 fully saturated rings. The summed E-state index contributed by atoms with van der Waals surface area (Å²) in [5.74, 6) is 0.595. The van der Waals surface area contributed by atoms with Crippen LogP contribution in [-0.4, -0.2) is 50.8 Å². The van der Waals surface area contributed by atoms with Gasteiger partial charge in [0.2, 0.25) is 5.91 Å². The summed E-state index contributed by atoms with van der Waals surface area (Å²) in [4.78, 5) is 14.3. The number of benzene rings is 1. The number of carbonyl (C=O) groups is 1. The van der Waals surface area contributed by atoms with Gasteiger partial charge >= 0.3 is 0 Å². The molecular weight excluding hydrogens is 270 g/mol. The predicted octanol–water partition coefficient (Wildman–Crippen LogP) is 1.33. The van der Waals surface area contributed by atoms with Gasteiger partial charge in [0.25, 0.3) is 0 Å². The lowest BCUT2D eigenvalue weighted by Gasteiger charge is -2.26. The van der Waals surface area contributed by atoms with E-state index in [9.17, 15) is 4.79 Å². The molecule has 6 heteroatoms. The first-order valence-corrected chi connectivity index (χ1v) is 7.22. The molecule has 1 aliphatic heterocycles. The average Bonchev–Trinajstić information content (AvgIpc) is 2.48. The monoisotopic (exact) mass is 293 g/mol. The third-order valence-electron chi connectivity index (χ3n) is 3.48. The zero-order chi connectivity index (χ0) is 15.1. The number of anilines is 2. The molecule has 116 valence electrons. The number of ether oxygens (including phenoxy) is 2. The summed E-state index contributed by atoms with van der Waals surface area (Å²) in [6, 6.07) is 5.20. The van der Waals surface area contributed by atoms with E-state index in [0.717, 1.165) is 39.3 Å². The molecule has 2 rings (SSSR count). The zero-order valence-electron chi connectivity index (χ0n) is 12.4. The van der Waals surface area contributed by atoms with Crippen LogP contribution in [0, 0.1) is 0 Å². The molecular formula is C15H23N3O3. The molecule has 0 radical (unpaired) electrons. The molecule has 3 N–H and O–H groups in total. The molecule has 0 atom stereocenters. The summed E-state index contributed by atoms with van der Waals surface area (Å²) in [5, 5.41) is 2.85. The molecule has 1 saturated heterocycles. The molecule has 1 aromatic rings. The standard InChI is InChI=1S/C15H23N3O3/c1-20-14-5-4-12(16)11-13(14)17-15(19)3-2-6-18-7-9-21-10-8-18/h4-5,11H,2-3,6-10,16H2,1H3,(H,17,19). The zero-order valence-corrected chi connectivity index (χ0v) is 12.4. The lowest BCUT2D eigenvalue weighted by molar-refractivity contribution is -0.116. The Morgan fingerprint density at radius 3 is 2.90 bits per heavy atom. The van der Waals surface area contributed by atoms with E-state index in [0.29, 0.717) is 23.5 Å². The predicted molar refractivity (Wildman–Crippen MR) is 82.5 cm³/mol. The van der Waals surface area contributed by atoms with Crippen molar-refractivity contribution in [3.05, 3.63) is 18.2 Å². The van der Waals surface area contributed by atoms with Crippen molar-refractivity contribution >= 4 is 17.3 Å². The highest BCUT2D eigenvalue weighted by atomic mass is 16.5. The molecule has 0 aromatic heterocycles. The molecule has 6 nitrogen and oxygen atoms in total. The van der Waals surface area contributed by atoms with Gasteiger partial charge in [0.15, 0.2) is 0 Å². The minimum absolute atomic E-state index is 0.0211. The van der Waals surface area contributed by atoms with Crippen molar-refractivity contribution in [1.82, 2.24) is 4.90 Å². The number of nitrogens with zero attached hydrogens (tertiary/aromatic N) is 1. The first kappa shape index (κ1) is 15.6. The van der Waals surface area contributed by atoms with Crippen LogP contribution in [0.2, 0.25) is 0 Å². The van der Waals surface area contributed by atoms with Crippen LogP contribution in [0.1, 0.15) is 12.8 Å². The third-order valence-corrected chi connectivity index (χ3v) is 3.48. The number of methoxy groups -OCH3 is 1. The first-order chi connectivity index (χ1) is 10.2. The van der Waals surface area contributed by atoms with Crippen LogP contribution in [0.4, 0.5) is 11.4 Å². The van der Waals surface area contributed by atoms with Gasteiger partial charge in [0, 0.05) is 25.2 Å². The van der Waals surface area contributed by atoms with Crippen molar-refractivity contribution in [3.63, 3.8) is 0 Å². The van der Waals surface area contributed by atoms with Gasteiger partial charge in [-0.1, -0.05) is 0 Å². The maximum atomic E-state index is 12.0. The molecule has 0 spiro atoms. The fraction of sp³-hybridized carbons (Fsp3) is 0.533. The number of hydrogen-bond donors (Lipinski definition) is 2. The minimum atomic E-state index is -0.0211. The van der Waals surface area contributed by atoms with Gasteiger partial charge in [-0.05, 0) is 31.2 Å². The van der Waals surface area contributed by atoms with Crippen molar-refractivity contribution in [1.29, 1.82) is 0 Å². The summed E-state index contributed by atoms with van der Waals surface area (Å²) in [7, 11) is 1.57. The van der Waals surface area contributed by atoms with Gasteiger partial charge in [-0.2, -0.15) is 0 Å². The Hall–Kier alpha value is -1.79. The van der Waals surface area contributed by atoms with Gasteiger partial charge < -0.3 is 20.5 Å². The van der Waals surface area contributed by atoms with E-state index in [1.807, 2.05) is 0 Å². The lowest BCUT2D eigenvalue weighted by atomic mass is 10.2. The van der Waals surface area contributed by atoms with Crippen molar-refractivity contribution in [2.75, 3.05) is 51.0 Å². The van der Waals surface area contributed by atoms with Crippen molar-refractivity contribution in [2.24, 2.45) is 0 Å². The summed E-state index contributed by atoms with van der Waals surface area (Å²) in [6.45, 7) is 4.39. The first-order valence-electron chi connectivity index (χ1n) is 7.22. The van der Waals surface area contributed by atoms with E-state index < -0.39 is 0 Å². The summed E-state index contributed by atoms with van der Waals surface area (Å²) in [6.07, 6.45) is 1.31. The highest BCUT2D eigenvalue weighted by Gasteiger charge is 2.12. The van der Waals surface area contributed by atoms with Crippen LogP contribution in [0.3, 0.4) is 0 Å². The Morgan fingerprint density at radius 1 is 1.43 bits per heavy atom. The number of rotatable bonds is 6. The molecule has 0 unspecified atom stereocenters. The van der Waals surface area contributed by atoms with Crippen molar-refractivity contribution in [2.45, 2.75) is 12.8 Å². The van der Waals surface area contributed by atoms with Gasteiger partial charge in [-0.15, -0.1) is 0 Å².